The van der Waals surface area contributed by atoms with Crippen molar-refractivity contribution in [3.63, 3.8) is 0 Å². The molecule has 0 amide bonds. The van der Waals surface area contributed by atoms with Crippen LogP contribution < -0.4 is 5.32 Å². The molecular weight excluding hydrogens is 266 g/mol. The fourth-order valence-electron chi connectivity index (χ4n) is 2.05. The predicted molar refractivity (Wildman–Crippen MR) is 86.0 cm³/mol. The molecule has 1 heterocycles. The van der Waals surface area contributed by atoms with Gasteiger partial charge in [0.1, 0.15) is 0 Å². The topological polar surface area (TPSA) is 29.9 Å². The van der Waals surface area contributed by atoms with E-state index in [4.69, 9.17) is 0 Å². The Morgan fingerprint density at radius 3 is 2.80 bits per heavy atom. The van der Waals surface area contributed by atoms with E-state index in [1.54, 1.807) is 0 Å². The fraction of sp³-hybridized carbons (Fsp3) is 0.438. The van der Waals surface area contributed by atoms with Gasteiger partial charge in [-0.3, -0.25) is 4.68 Å². The Bertz CT molecular complexity index is 548. The highest BCUT2D eigenvalue weighted by atomic mass is 32.2. The smallest absolute Gasteiger partial charge is 0.0625 e. The number of nitrogens with zero attached hydrogens (tertiary/aromatic N) is 2. The standard InChI is InChI=1S/C16H23N3S/c1-4-14-10-15(19(3)18-14)12-20-16-8-6-7-13(9-16)11-17-5-2/h6-10,17H,4-5,11-12H2,1-3H3. The summed E-state index contributed by atoms with van der Waals surface area (Å²) in [5.74, 6) is 0.966. The van der Waals surface area contributed by atoms with Crippen molar-refractivity contribution in [2.24, 2.45) is 7.05 Å². The van der Waals surface area contributed by atoms with E-state index in [0.29, 0.717) is 0 Å². The molecule has 0 saturated heterocycles. The van der Waals surface area contributed by atoms with Crippen LogP contribution in [0.3, 0.4) is 0 Å². The summed E-state index contributed by atoms with van der Waals surface area (Å²) in [6.45, 7) is 6.22. The third-order valence-electron chi connectivity index (χ3n) is 3.25. The minimum absolute atomic E-state index is 0.941. The monoisotopic (exact) mass is 289 g/mol. The summed E-state index contributed by atoms with van der Waals surface area (Å²) >= 11 is 1.87. The van der Waals surface area contributed by atoms with Crippen LogP contribution in [0.1, 0.15) is 30.8 Å². The molecule has 0 saturated carbocycles. The molecule has 1 aromatic heterocycles. The number of aromatic nitrogens is 2. The van der Waals surface area contributed by atoms with Crippen molar-refractivity contribution >= 4 is 11.8 Å². The zero-order chi connectivity index (χ0) is 14.4. The summed E-state index contributed by atoms with van der Waals surface area (Å²) in [6.07, 6.45) is 0.997. The molecule has 0 radical (unpaired) electrons. The first-order chi connectivity index (χ1) is 9.72. The third-order valence-corrected chi connectivity index (χ3v) is 4.28. The highest BCUT2D eigenvalue weighted by Crippen LogP contribution is 2.23. The second kappa shape index (κ2) is 7.50. The van der Waals surface area contributed by atoms with E-state index in [-0.39, 0.29) is 0 Å². The Morgan fingerprint density at radius 2 is 2.10 bits per heavy atom. The molecule has 2 rings (SSSR count). The fourth-order valence-corrected chi connectivity index (χ4v) is 3.05. The number of thioether (sulfide) groups is 1. The Kier molecular flexibility index (Phi) is 5.68. The lowest BCUT2D eigenvalue weighted by Gasteiger charge is -2.06. The first-order valence-electron chi connectivity index (χ1n) is 7.17. The summed E-state index contributed by atoms with van der Waals surface area (Å²) in [6, 6.07) is 11.0. The molecule has 0 fully saturated rings. The average Bonchev–Trinajstić information content (AvgIpc) is 2.84. The molecule has 1 N–H and O–H groups in total. The van der Waals surface area contributed by atoms with Crippen molar-refractivity contribution in [1.29, 1.82) is 0 Å². The maximum Gasteiger partial charge on any atom is 0.0625 e. The van der Waals surface area contributed by atoms with Crippen LogP contribution in [-0.4, -0.2) is 16.3 Å². The highest BCUT2D eigenvalue weighted by Gasteiger charge is 2.05. The largest absolute Gasteiger partial charge is 0.313 e. The minimum Gasteiger partial charge on any atom is -0.313 e. The second-order valence-electron chi connectivity index (χ2n) is 4.82. The molecule has 2 aromatic rings. The van der Waals surface area contributed by atoms with Gasteiger partial charge < -0.3 is 5.32 Å². The SMILES string of the molecule is CCNCc1cccc(SCc2cc(CC)nn2C)c1. The Balaban J connectivity index is 1.97. The molecule has 0 bridgehead atoms. The Labute approximate surface area is 125 Å². The van der Waals surface area contributed by atoms with Crippen LogP contribution in [0.2, 0.25) is 0 Å². The lowest BCUT2D eigenvalue weighted by Crippen LogP contribution is -2.11. The van der Waals surface area contributed by atoms with Crippen molar-refractivity contribution in [2.75, 3.05) is 6.54 Å². The van der Waals surface area contributed by atoms with Crippen LogP contribution in [0.15, 0.2) is 35.2 Å². The van der Waals surface area contributed by atoms with E-state index < -0.39 is 0 Å². The van der Waals surface area contributed by atoms with Gasteiger partial charge in [0.15, 0.2) is 0 Å². The minimum atomic E-state index is 0.941. The highest BCUT2D eigenvalue weighted by molar-refractivity contribution is 7.98. The first-order valence-corrected chi connectivity index (χ1v) is 8.15. The van der Waals surface area contributed by atoms with Crippen molar-refractivity contribution < 1.29 is 0 Å². The van der Waals surface area contributed by atoms with E-state index in [9.17, 15) is 0 Å². The van der Waals surface area contributed by atoms with Gasteiger partial charge in [0.2, 0.25) is 0 Å². The maximum atomic E-state index is 4.49. The lowest BCUT2D eigenvalue weighted by molar-refractivity contribution is 0.719. The quantitative estimate of drug-likeness (QED) is 0.792. The average molecular weight is 289 g/mol. The Hall–Kier alpha value is -1.26. The Morgan fingerprint density at radius 1 is 1.25 bits per heavy atom. The van der Waals surface area contributed by atoms with Gasteiger partial charge in [0.25, 0.3) is 0 Å². The van der Waals surface area contributed by atoms with Gasteiger partial charge in [-0.25, -0.2) is 0 Å². The molecule has 4 heteroatoms. The zero-order valence-corrected chi connectivity index (χ0v) is 13.3. The van der Waals surface area contributed by atoms with E-state index in [0.717, 1.165) is 25.3 Å². The van der Waals surface area contributed by atoms with Gasteiger partial charge in [-0.05, 0) is 36.7 Å². The van der Waals surface area contributed by atoms with Crippen molar-refractivity contribution in [3.8, 4) is 0 Å². The number of rotatable bonds is 7. The number of aryl methyl sites for hydroxylation is 2. The molecule has 0 aliphatic rings. The zero-order valence-electron chi connectivity index (χ0n) is 12.5. The van der Waals surface area contributed by atoms with E-state index in [2.05, 4.69) is 54.6 Å². The van der Waals surface area contributed by atoms with Crippen LogP contribution >= 0.6 is 11.8 Å². The van der Waals surface area contributed by atoms with E-state index in [1.165, 1.54) is 21.8 Å². The van der Waals surface area contributed by atoms with Gasteiger partial charge in [-0.2, -0.15) is 5.10 Å². The second-order valence-corrected chi connectivity index (χ2v) is 5.87. The van der Waals surface area contributed by atoms with Crippen molar-refractivity contribution in [1.82, 2.24) is 15.1 Å². The molecule has 0 atom stereocenters. The molecule has 1 aromatic carbocycles. The molecular formula is C16H23N3S. The number of hydrogen-bond acceptors (Lipinski definition) is 3. The summed E-state index contributed by atoms with van der Waals surface area (Å²) in [7, 11) is 2.02. The number of hydrogen-bond donors (Lipinski definition) is 1. The van der Waals surface area contributed by atoms with Gasteiger partial charge in [0, 0.05) is 29.9 Å². The summed E-state index contributed by atoms with van der Waals surface area (Å²) in [5.41, 5.74) is 3.80. The maximum absolute atomic E-state index is 4.49. The molecule has 108 valence electrons. The number of nitrogens with one attached hydrogen (secondary N) is 1. The van der Waals surface area contributed by atoms with Crippen LogP contribution in [-0.2, 0) is 25.8 Å². The summed E-state index contributed by atoms with van der Waals surface area (Å²) < 4.78 is 1.99. The molecule has 0 aliphatic carbocycles. The molecule has 3 nitrogen and oxygen atoms in total. The third kappa shape index (κ3) is 4.12. The summed E-state index contributed by atoms with van der Waals surface area (Å²) in [4.78, 5) is 1.32. The van der Waals surface area contributed by atoms with Gasteiger partial charge in [-0.1, -0.05) is 26.0 Å². The lowest BCUT2D eigenvalue weighted by atomic mass is 10.2. The summed E-state index contributed by atoms with van der Waals surface area (Å²) in [5, 5.41) is 7.86. The normalized spacial score (nSPS) is 10.9. The number of benzene rings is 1. The molecule has 0 spiro atoms. The molecule has 0 aliphatic heterocycles. The van der Waals surface area contributed by atoms with Crippen LogP contribution in [0.25, 0.3) is 0 Å². The van der Waals surface area contributed by atoms with Crippen molar-refractivity contribution in [3.05, 3.63) is 47.3 Å². The molecule has 20 heavy (non-hydrogen) atoms. The van der Waals surface area contributed by atoms with Gasteiger partial charge >= 0.3 is 0 Å². The molecule has 0 unspecified atom stereocenters. The van der Waals surface area contributed by atoms with Gasteiger partial charge in [-0.15, -0.1) is 11.8 Å². The van der Waals surface area contributed by atoms with E-state index in [1.807, 2.05) is 23.5 Å². The van der Waals surface area contributed by atoms with Crippen LogP contribution in [0.5, 0.6) is 0 Å². The van der Waals surface area contributed by atoms with Crippen molar-refractivity contribution in [2.45, 2.75) is 37.5 Å². The van der Waals surface area contributed by atoms with Gasteiger partial charge in [0.05, 0.1) is 5.69 Å². The first kappa shape index (κ1) is 15.1. The van der Waals surface area contributed by atoms with Crippen LogP contribution in [0.4, 0.5) is 0 Å². The van der Waals surface area contributed by atoms with Crippen LogP contribution in [0, 0.1) is 0 Å². The van der Waals surface area contributed by atoms with E-state index >= 15 is 0 Å². The predicted octanol–water partition coefficient (Wildman–Crippen LogP) is 3.38.